The van der Waals surface area contributed by atoms with Crippen molar-refractivity contribution in [1.82, 2.24) is 0 Å². The molecule has 0 spiro atoms. The summed E-state index contributed by atoms with van der Waals surface area (Å²) in [5, 5.41) is 10.5. The van der Waals surface area contributed by atoms with Gasteiger partial charge in [0.15, 0.2) is 0 Å². The molecule has 0 saturated heterocycles. The van der Waals surface area contributed by atoms with Crippen molar-refractivity contribution < 1.29 is 9.67 Å². The molecule has 0 aliphatic carbocycles. The van der Waals surface area contributed by atoms with E-state index in [1.165, 1.54) is 0 Å². The van der Waals surface area contributed by atoms with Crippen LogP contribution in [-0.2, 0) is 4.57 Å². The first-order chi connectivity index (χ1) is 6.81. The molecule has 1 aromatic rings. The first kappa shape index (κ1) is 12.5. The van der Waals surface area contributed by atoms with Gasteiger partial charge in [-0.05, 0) is 26.9 Å². The van der Waals surface area contributed by atoms with Gasteiger partial charge in [-0.1, -0.05) is 30.3 Å². The monoisotopic (exact) mass is 226 g/mol. The summed E-state index contributed by atoms with van der Waals surface area (Å²) in [6, 6.07) is 9.50. The van der Waals surface area contributed by atoms with E-state index >= 15 is 0 Å². The van der Waals surface area contributed by atoms with E-state index in [-0.39, 0.29) is 0 Å². The second kappa shape index (κ2) is 4.51. The first-order valence-corrected chi connectivity index (χ1v) is 7.50. The van der Waals surface area contributed by atoms with Crippen molar-refractivity contribution in [3.05, 3.63) is 30.3 Å². The molecular formula is C12H19O2P. The van der Waals surface area contributed by atoms with Crippen LogP contribution in [0, 0.1) is 0 Å². The predicted molar refractivity (Wildman–Crippen MR) is 65.4 cm³/mol. The zero-order chi connectivity index (χ0) is 11.5. The zero-order valence-corrected chi connectivity index (χ0v) is 10.5. The van der Waals surface area contributed by atoms with E-state index in [0.717, 1.165) is 5.30 Å². The van der Waals surface area contributed by atoms with E-state index in [1.54, 1.807) is 20.5 Å². The van der Waals surface area contributed by atoms with Crippen molar-refractivity contribution in [3.63, 3.8) is 0 Å². The molecule has 1 rings (SSSR count). The fourth-order valence-corrected chi connectivity index (χ4v) is 3.39. The molecule has 3 heteroatoms. The summed E-state index contributed by atoms with van der Waals surface area (Å²) in [5.74, 6) is 0. The topological polar surface area (TPSA) is 37.3 Å². The van der Waals surface area contributed by atoms with Crippen LogP contribution in [0.3, 0.4) is 0 Å². The van der Waals surface area contributed by atoms with E-state index in [1.807, 2.05) is 30.3 Å². The van der Waals surface area contributed by atoms with Gasteiger partial charge in [-0.2, -0.15) is 0 Å². The van der Waals surface area contributed by atoms with Gasteiger partial charge < -0.3 is 9.67 Å². The quantitative estimate of drug-likeness (QED) is 0.801. The van der Waals surface area contributed by atoms with E-state index in [0.29, 0.717) is 12.6 Å². The van der Waals surface area contributed by atoms with Crippen LogP contribution in [-0.4, -0.2) is 23.5 Å². The third-order valence-corrected chi connectivity index (χ3v) is 4.92. The predicted octanol–water partition coefficient (Wildman–Crippen LogP) is 2.47. The molecule has 2 nitrogen and oxygen atoms in total. The SMILES string of the molecule is CC(C)(O)CCP(C)(=O)c1ccccc1. The molecule has 1 atom stereocenters. The molecule has 0 fully saturated rings. The Balaban J connectivity index is 2.73. The van der Waals surface area contributed by atoms with Crippen LogP contribution in [0.2, 0.25) is 0 Å². The minimum atomic E-state index is -2.30. The Hall–Kier alpha value is -0.590. The molecule has 0 aliphatic heterocycles. The molecule has 0 heterocycles. The maximum Gasteiger partial charge on any atom is 0.112 e. The second-order valence-electron chi connectivity index (χ2n) is 4.72. The molecule has 1 unspecified atom stereocenters. The van der Waals surface area contributed by atoms with Gasteiger partial charge in [0, 0.05) is 11.5 Å². The van der Waals surface area contributed by atoms with Crippen molar-refractivity contribution in [2.45, 2.75) is 25.9 Å². The number of aliphatic hydroxyl groups is 1. The minimum Gasteiger partial charge on any atom is -0.390 e. The molecule has 0 amide bonds. The molecule has 0 radical (unpaired) electrons. The highest BCUT2D eigenvalue weighted by Gasteiger charge is 2.22. The van der Waals surface area contributed by atoms with Crippen LogP contribution < -0.4 is 5.30 Å². The van der Waals surface area contributed by atoms with Crippen LogP contribution in [0.15, 0.2) is 30.3 Å². The molecule has 0 bridgehead atoms. The Kier molecular flexibility index (Phi) is 3.75. The molecule has 1 aromatic carbocycles. The van der Waals surface area contributed by atoms with Gasteiger partial charge >= 0.3 is 0 Å². The number of rotatable bonds is 4. The maximum atomic E-state index is 12.4. The van der Waals surface area contributed by atoms with Gasteiger partial charge in [0.25, 0.3) is 0 Å². The van der Waals surface area contributed by atoms with Crippen molar-refractivity contribution in [1.29, 1.82) is 0 Å². The average Bonchev–Trinajstić information content (AvgIpc) is 2.16. The average molecular weight is 226 g/mol. The molecular weight excluding hydrogens is 207 g/mol. The van der Waals surface area contributed by atoms with Gasteiger partial charge in [0.1, 0.15) is 7.14 Å². The summed E-state index contributed by atoms with van der Waals surface area (Å²) >= 11 is 0. The molecule has 1 N–H and O–H groups in total. The van der Waals surface area contributed by atoms with E-state index in [2.05, 4.69) is 0 Å². The van der Waals surface area contributed by atoms with E-state index in [4.69, 9.17) is 0 Å². The van der Waals surface area contributed by atoms with Crippen LogP contribution >= 0.6 is 7.14 Å². The van der Waals surface area contributed by atoms with E-state index in [9.17, 15) is 9.67 Å². The fraction of sp³-hybridized carbons (Fsp3) is 0.500. The number of hydrogen-bond donors (Lipinski definition) is 1. The van der Waals surface area contributed by atoms with Crippen LogP contribution in [0.25, 0.3) is 0 Å². The normalized spacial score (nSPS) is 16.0. The van der Waals surface area contributed by atoms with Crippen LogP contribution in [0.1, 0.15) is 20.3 Å². The van der Waals surface area contributed by atoms with Gasteiger partial charge in [-0.15, -0.1) is 0 Å². The third kappa shape index (κ3) is 4.19. The highest BCUT2D eigenvalue weighted by Crippen LogP contribution is 2.41. The Morgan fingerprint density at radius 3 is 2.27 bits per heavy atom. The largest absolute Gasteiger partial charge is 0.390 e. The zero-order valence-electron chi connectivity index (χ0n) is 9.60. The van der Waals surface area contributed by atoms with Crippen LogP contribution in [0.5, 0.6) is 0 Å². The highest BCUT2D eigenvalue weighted by molar-refractivity contribution is 7.70. The Labute approximate surface area is 91.7 Å². The second-order valence-corrected chi connectivity index (χ2v) is 7.89. The summed E-state index contributed by atoms with van der Waals surface area (Å²) < 4.78 is 12.4. The molecule has 0 aromatic heterocycles. The van der Waals surface area contributed by atoms with Gasteiger partial charge in [0.2, 0.25) is 0 Å². The van der Waals surface area contributed by atoms with Gasteiger partial charge in [-0.25, -0.2) is 0 Å². The number of benzene rings is 1. The Bertz CT molecular complexity index is 352. The maximum absolute atomic E-state index is 12.4. The first-order valence-electron chi connectivity index (χ1n) is 5.16. The lowest BCUT2D eigenvalue weighted by molar-refractivity contribution is 0.0772. The smallest absolute Gasteiger partial charge is 0.112 e. The van der Waals surface area contributed by atoms with Crippen molar-refractivity contribution in [3.8, 4) is 0 Å². The van der Waals surface area contributed by atoms with Crippen LogP contribution in [0.4, 0.5) is 0 Å². The van der Waals surface area contributed by atoms with E-state index < -0.39 is 12.7 Å². The minimum absolute atomic E-state index is 0.556. The van der Waals surface area contributed by atoms with Crippen molar-refractivity contribution in [2.24, 2.45) is 0 Å². The molecule has 0 aliphatic rings. The molecule has 0 saturated carbocycles. The summed E-state index contributed by atoms with van der Waals surface area (Å²) in [5.41, 5.74) is -0.736. The Morgan fingerprint density at radius 2 is 1.80 bits per heavy atom. The Morgan fingerprint density at radius 1 is 1.27 bits per heavy atom. The summed E-state index contributed by atoms with van der Waals surface area (Å²) in [6.07, 6.45) is 1.12. The van der Waals surface area contributed by atoms with Crippen molar-refractivity contribution >= 4 is 12.4 Å². The lowest BCUT2D eigenvalue weighted by Gasteiger charge is -2.20. The summed E-state index contributed by atoms with van der Waals surface area (Å²) in [7, 11) is -2.30. The van der Waals surface area contributed by atoms with Gasteiger partial charge in [0.05, 0.1) is 5.60 Å². The lowest BCUT2D eigenvalue weighted by Crippen LogP contribution is -2.21. The summed E-state index contributed by atoms with van der Waals surface area (Å²) in [4.78, 5) is 0. The lowest BCUT2D eigenvalue weighted by atomic mass is 10.1. The number of hydrogen-bond acceptors (Lipinski definition) is 2. The van der Waals surface area contributed by atoms with Gasteiger partial charge in [-0.3, -0.25) is 0 Å². The van der Waals surface area contributed by atoms with Crippen molar-refractivity contribution in [2.75, 3.05) is 12.8 Å². The molecule has 84 valence electrons. The fourth-order valence-electron chi connectivity index (χ4n) is 1.36. The third-order valence-electron chi connectivity index (χ3n) is 2.45. The molecule has 15 heavy (non-hydrogen) atoms. The summed E-state index contributed by atoms with van der Waals surface area (Å²) in [6.45, 7) is 5.28. The standard InChI is InChI=1S/C12H19O2P/c1-12(2,13)9-10-15(3,14)11-7-5-4-6-8-11/h4-8,13H,9-10H2,1-3H3. The highest BCUT2D eigenvalue weighted by atomic mass is 31.2.